The number of thiazole rings is 1. The standard InChI is InChI=1S/C22H27N5O2S/c1-25(2)16-8-11-27(14-16)22(28)19-13-23-21(30-19)20-17-7-6-15(12-18(17)29-24-20)26-9-4-3-5-10-26/h6-7,12-13,16H,3-5,8-11,14H2,1-2H3/t16-/m1/s1. The lowest BCUT2D eigenvalue weighted by Crippen LogP contribution is -2.34. The van der Waals surface area contributed by atoms with Gasteiger partial charge in [-0.05, 0) is 51.9 Å². The van der Waals surface area contributed by atoms with Crippen LogP contribution in [0.4, 0.5) is 5.69 Å². The number of likely N-dealkylation sites (N-methyl/N-ethyl adjacent to an activating group) is 1. The van der Waals surface area contributed by atoms with E-state index in [1.165, 1.54) is 36.3 Å². The fraction of sp³-hybridized carbons (Fsp3) is 0.500. The van der Waals surface area contributed by atoms with E-state index in [4.69, 9.17) is 4.52 Å². The molecular formula is C22H27N5O2S. The number of nitrogens with zero attached hydrogens (tertiary/aromatic N) is 5. The summed E-state index contributed by atoms with van der Waals surface area (Å²) in [5, 5.41) is 5.95. The largest absolute Gasteiger partial charge is 0.371 e. The summed E-state index contributed by atoms with van der Waals surface area (Å²) in [4.78, 5) is 24.6. The van der Waals surface area contributed by atoms with Gasteiger partial charge in [0.05, 0.1) is 11.6 Å². The first-order valence-electron chi connectivity index (χ1n) is 10.7. The molecule has 0 aliphatic carbocycles. The molecule has 1 amide bonds. The highest BCUT2D eigenvalue weighted by atomic mass is 32.1. The molecule has 2 saturated heterocycles. The fourth-order valence-electron chi connectivity index (χ4n) is 4.42. The van der Waals surface area contributed by atoms with E-state index >= 15 is 0 Å². The van der Waals surface area contributed by atoms with Gasteiger partial charge in [-0.1, -0.05) is 5.16 Å². The van der Waals surface area contributed by atoms with Gasteiger partial charge in [0.2, 0.25) is 0 Å². The molecule has 2 aromatic heterocycles. The van der Waals surface area contributed by atoms with Crippen molar-refractivity contribution in [3.05, 3.63) is 29.3 Å². The summed E-state index contributed by atoms with van der Waals surface area (Å²) < 4.78 is 5.63. The van der Waals surface area contributed by atoms with E-state index in [-0.39, 0.29) is 5.91 Å². The zero-order chi connectivity index (χ0) is 20.7. The summed E-state index contributed by atoms with van der Waals surface area (Å²) in [6.07, 6.45) is 6.47. The lowest BCUT2D eigenvalue weighted by molar-refractivity contribution is 0.0787. The number of amides is 1. The van der Waals surface area contributed by atoms with Gasteiger partial charge in [-0.15, -0.1) is 11.3 Å². The van der Waals surface area contributed by atoms with Crippen LogP contribution in [0.25, 0.3) is 21.7 Å². The second kappa shape index (κ2) is 8.00. The minimum absolute atomic E-state index is 0.0586. The van der Waals surface area contributed by atoms with E-state index < -0.39 is 0 Å². The van der Waals surface area contributed by atoms with E-state index in [1.807, 2.05) is 4.90 Å². The Hall–Kier alpha value is -2.45. The molecule has 0 N–H and O–H groups in total. The normalized spacial score (nSPS) is 19.9. The molecule has 8 heteroatoms. The lowest BCUT2D eigenvalue weighted by Gasteiger charge is -2.28. The molecule has 0 bridgehead atoms. The minimum atomic E-state index is 0.0586. The van der Waals surface area contributed by atoms with E-state index in [9.17, 15) is 4.79 Å². The third kappa shape index (κ3) is 3.58. The number of anilines is 1. The Kier molecular flexibility index (Phi) is 5.20. The van der Waals surface area contributed by atoms with Crippen molar-refractivity contribution in [3.8, 4) is 10.7 Å². The molecule has 4 heterocycles. The van der Waals surface area contributed by atoms with Crippen LogP contribution in [0.3, 0.4) is 0 Å². The quantitative estimate of drug-likeness (QED) is 0.635. The average Bonchev–Trinajstić information content (AvgIpc) is 3.52. The highest BCUT2D eigenvalue weighted by molar-refractivity contribution is 7.17. The summed E-state index contributed by atoms with van der Waals surface area (Å²) in [7, 11) is 4.13. The molecule has 158 valence electrons. The maximum Gasteiger partial charge on any atom is 0.265 e. The molecule has 1 aromatic carbocycles. The maximum absolute atomic E-state index is 12.9. The Morgan fingerprint density at radius 1 is 1.20 bits per heavy atom. The summed E-state index contributed by atoms with van der Waals surface area (Å²) in [5.74, 6) is 0.0586. The first kappa shape index (κ1) is 19.5. The minimum Gasteiger partial charge on any atom is -0.371 e. The zero-order valence-corrected chi connectivity index (χ0v) is 18.3. The lowest BCUT2D eigenvalue weighted by atomic mass is 10.1. The number of piperidine rings is 1. The Bertz CT molecular complexity index is 1050. The monoisotopic (exact) mass is 425 g/mol. The van der Waals surface area contributed by atoms with Crippen molar-refractivity contribution in [3.63, 3.8) is 0 Å². The average molecular weight is 426 g/mol. The van der Waals surface area contributed by atoms with Crippen molar-refractivity contribution in [1.82, 2.24) is 19.9 Å². The Morgan fingerprint density at radius 3 is 2.80 bits per heavy atom. The van der Waals surface area contributed by atoms with Crippen LogP contribution in [0.2, 0.25) is 0 Å². The molecule has 5 rings (SSSR count). The van der Waals surface area contributed by atoms with Gasteiger partial charge in [0.15, 0.2) is 5.58 Å². The van der Waals surface area contributed by atoms with Crippen LogP contribution in [0.5, 0.6) is 0 Å². The predicted octanol–water partition coefficient (Wildman–Crippen LogP) is 3.72. The molecule has 0 spiro atoms. The van der Waals surface area contributed by atoms with Crippen LogP contribution >= 0.6 is 11.3 Å². The number of carbonyl (C=O) groups excluding carboxylic acids is 1. The third-order valence-corrected chi connectivity index (χ3v) is 7.27. The third-order valence-electron chi connectivity index (χ3n) is 6.28. The molecule has 7 nitrogen and oxygen atoms in total. The van der Waals surface area contributed by atoms with Crippen LogP contribution in [-0.2, 0) is 0 Å². The predicted molar refractivity (Wildman–Crippen MR) is 119 cm³/mol. The first-order chi connectivity index (χ1) is 14.6. The van der Waals surface area contributed by atoms with Crippen molar-refractivity contribution in [1.29, 1.82) is 0 Å². The molecule has 2 fully saturated rings. The number of carbonyl (C=O) groups is 1. The maximum atomic E-state index is 12.9. The smallest absolute Gasteiger partial charge is 0.265 e. The summed E-state index contributed by atoms with van der Waals surface area (Å²) >= 11 is 1.39. The van der Waals surface area contributed by atoms with Crippen molar-refractivity contribution in [2.24, 2.45) is 0 Å². The van der Waals surface area contributed by atoms with Crippen LogP contribution < -0.4 is 4.90 Å². The van der Waals surface area contributed by atoms with Crippen molar-refractivity contribution >= 4 is 33.9 Å². The van der Waals surface area contributed by atoms with Gasteiger partial charge in [0.1, 0.15) is 15.6 Å². The van der Waals surface area contributed by atoms with Gasteiger partial charge < -0.3 is 19.2 Å². The Balaban J connectivity index is 1.36. The van der Waals surface area contributed by atoms with Gasteiger partial charge in [-0.3, -0.25) is 4.79 Å². The van der Waals surface area contributed by atoms with E-state index in [2.05, 4.69) is 52.2 Å². The van der Waals surface area contributed by atoms with E-state index in [0.717, 1.165) is 48.6 Å². The van der Waals surface area contributed by atoms with E-state index in [1.54, 1.807) is 6.20 Å². The molecule has 0 saturated carbocycles. The zero-order valence-electron chi connectivity index (χ0n) is 17.5. The highest BCUT2D eigenvalue weighted by Gasteiger charge is 2.29. The molecule has 3 aromatic rings. The number of hydrogen-bond donors (Lipinski definition) is 0. The van der Waals surface area contributed by atoms with Gasteiger partial charge in [0.25, 0.3) is 5.91 Å². The topological polar surface area (TPSA) is 65.7 Å². The van der Waals surface area contributed by atoms with Gasteiger partial charge in [-0.2, -0.15) is 0 Å². The molecule has 2 aliphatic rings. The molecular weight excluding hydrogens is 398 g/mol. The SMILES string of the molecule is CN(C)[C@@H]1CCN(C(=O)c2cnc(-c3noc4cc(N5CCCCC5)ccc34)s2)C1. The van der Waals surface area contributed by atoms with Crippen molar-refractivity contribution in [2.45, 2.75) is 31.7 Å². The molecule has 1 atom stereocenters. The Labute approximate surface area is 180 Å². The Morgan fingerprint density at radius 2 is 2.03 bits per heavy atom. The number of hydrogen-bond acceptors (Lipinski definition) is 7. The van der Waals surface area contributed by atoms with Crippen molar-refractivity contribution < 1.29 is 9.32 Å². The van der Waals surface area contributed by atoms with Crippen LogP contribution in [-0.4, -0.2) is 72.2 Å². The van der Waals surface area contributed by atoms with Crippen LogP contribution in [0.1, 0.15) is 35.4 Å². The number of fused-ring (bicyclic) bond motifs is 1. The fourth-order valence-corrected chi connectivity index (χ4v) is 5.29. The summed E-state index contributed by atoms with van der Waals surface area (Å²) in [6.45, 7) is 3.75. The van der Waals surface area contributed by atoms with Crippen molar-refractivity contribution in [2.75, 3.05) is 45.2 Å². The van der Waals surface area contributed by atoms with Gasteiger partial charge in [0, 0.05) is 44.0 Å². The number of rotatable bonds is 4. The number of likely N-dealkylation sites (tertiary alicyclic amines) is 1. The molecule has 2 aliphatic heterocycles. The molecule has 0 unspecified atom stereocenters. The molecule has 0 radical (unpaired) electrons. The first-order valence-corrected chi connectivity index (χ1v) is 11.5. The highest BCUT2D eigenvalue weighted by Crippen LogP contribution is 2.34. The molecule has 30 heavy (non-hydrogen) atoms. The van der Waals surface area contributed by atoms with Gasteiger partial charge in [-0.25, -0.2) is 4.98 Å². The summed E-state index contributed by atoms with van der Waals surface area (Å²) in [6, 6.07) is 6.70. The van der Waals surface area contributed by atoms with Crippen LogP contribution in [0, 0.1) is 0 Å². The van der Waals surface area contributed by atoms with Crippen LogP contribution in [0.15, 0.2) is 28.9 Å². The second-order valence-electron chi connectivity index (χ2n) is 8.45. The second-order valence-corrected chi connectivity index (χ2v) is 9.48. The van der Waals surface area contributed by atoms with Gasteiger partial charge >= 0.3 is 0 Å². The van der Waals surface area contributed by atoms with E-state index in [0.29, 0.717) is 16.6 Å². The number of benzene rings is 1. The summed E-state index contributed by atoms with van der Waals surface area (Å²) in [5.41, 5.74) is 2.67. The number of aromatic nitrogens is 2.